The Hall–Kier alpha value is -7.96. The van der Waals surface area contributed by atoms with Crippen LogP contribution in [0.1, 0.15) is 0 Å². The van der Waals surface area contributed by atoms with Crippen molar-refractivity contribution < 1.29 is 9.47 Å². The molecular formula is C52H34N4O2. The minimum atomic E-state index is 0.787. The number of aromatic nitrogens is 2. The molecule has 0 saturated heterocycles. The van der Waals surface area contributed by atoms with Crippen LogP contribution < -0.4 is 19.3 Å². The molecule has 9 aromatic rings. The molecule has 7 aromatic carbocycles. The zero-order valence-corrected chi connectivity index (χ0v) is 31.2. The molecule has 0 radical (unpaired) electrons. The summed E-state index contributed by atoms with van der Waals surface area (Å²) in [5.41, 5.74) is 14.0. The number of pyridine rings is 2. The van der Waals surface area contributed by atoms with Gasteiger partial charge in [0.05, 0.1) is 45.5 Å². The van der Waals surface area contributed by atoms with Crippen LogP contribution in [0, 0.1) is 0 Å². The van der Waals surface area contributed by atoms with Crippen LogP contribution in [0.5, 0.6) is 23.0 Å². The van der Waals surface area contributed by atoms with E-state index in [-0.39, 0.29) is 0 Å². The predicted octanol–water partition coefficient (Wildman–Crippen LogP) is 14.3. The predicted molar refractivity (Wildman–Crippen MR) is 233 cm³/mol. The van der Waals surface area contributed by atoms with Gasteiger partial charge >= 0.3 is 0 Å². The lowest BCUT2D eigenvalue weighted by molar-refractivity contribution is 0.477. The third-order valence-corrected chi connectivity index (χ3v) is 10.8. The van der Waals surface area contributed by atoms with E-state index in [0.717, 1.165) is 102 Å². The molecular weight excluding hydrogens is 713 g/mol. The maximum Gasteiger partial charge on any atom is 0.151 e. The van der Waals surface area contributed by atoms with Crippen molar-refractivity contribution in [3.63, 3.8) is 0 Å². The van der Waals surface area contributed by atoms with E-state index in [2.05, 4.69) is 129 Å². The lowest BCUT2D eigenvalue weighted by Crippen LogP contribution is -2.19. The lowest BCUT2D eigenvalue weighted by Gasteiger charge is -2.37. The van der Waals surface area contributed by atoms with Gasteiger partial charge < -0.3 is 19.3 Å². The summed E-state index contributed by atoms with van der Waals surface area (Å²) in [6.45, 7) is 0. The zero-order chi connectivity index (χ0) is 38.4. The summed E-state index contributed by atoms with van der Waals surface area (Å²) < 4.78 is 13.1. The van der Waals surface area contributed by atoms with E-state index >= 15 is 0 Å². The Bertz CT molecular complexity index is 2660. The van der Waals surface area contributed by atoms with E-state index in [1.165, 1.54) is 0 Å². The van der Waals surface area contributed by atoms with Crippen LogP contribution in [0.15, 0.2) is 207 Å². The lowest BCUT2D eigenvalue weighted by atomic mass is 9.92. The van der Waals surface area contributed by atoms with Crippen molar-refractivity contribution in [3.8, 4) is 67.8 Å². The largest absolute Gasteiger partial charge is 0.453 e. The molecule has 0 bridgehead atoms. The molecule has 4 heterocycles. The smallest absolute Gasteiger partial charge is 0.151 e. The fourth-order valence-electron chi connectivity index (χ4n) is 8.05. The van der Waals surface area contributed by atoms with E-state index in [9.17, 15) is 0 Å². The van der Waals surface area contributed by atoms with Crippen LogP contribution in [-0.4, -0.2) is 9.97 Å². The molecule has 6 nitrogen and oxygen atoms in total. The normalized spacial score (nSPS) is 12.3. The standard InChI is InChI=1S/C52H34N4O2/c1-5-19-49-43(15-1)55(44-16-2-6-20-50(44)57-49)47-34-48(56-45-17-3-7-21-51(45)58-52-22-8-4-18-46(52)56)40(36-25-29-38(30-26-36)42-14-10-12-32-54-42)33-39(47)35-23-27-37(28-24-35)41-13-9-11-31-53-41/h1-34H. The number of hydrogen-bond acceptors (Lipinski definition) is 6. The summed E-state index contributed by atoms with van der Waals surface area (Å²) in [7, 11) is 0. The minimum Gasteiger partial charge on any atom is -0.453 e. The van der Waals surface area contributed by atoms with Crippen molar-refractivity contribution >= 4 is 34.1 Å². The van der Waals surface area contributed by atoms with Gasteiger partial charge in [-0.2, -0.15) is 0 Å². The van der Waals surface area contributed by atoms with Crippen molar-refractivity contribution in [1.82, 2.24) is 9.97 Å². The molecule has 0 atom stereocenters. The van der Waals surface area contributed by atoms with Gasteiger partial charge in [0.2, 0.25) is 0 Å². The first kappa shape index (κ1) is 33.4. The molecule has 2 aromatic heterocycles. The number of ether oxygens (including phenoxy) is 2. The van der Waals surface area contributed by atoms with E-state index < -0.39 is 0 Å². The van der Waals surface area contributed by atoms with Crippen LogP contribution in [0.2, 0.25) is 0 Å². The van der Waals surface area contributed by atoms with E-state index in [0.29, 0.717) is 0 Å². The summed E-state index contributed by atoms with van der Waals surface area (Å²) in [6.07, 6.45) is 3.67. The third kappa shape index (κ3) is 5.74. The van der Waals surface area contributed by atoms with Crippen molar-refractivity contribution in [3.05, 3.63) is 207 Å². The van der Waals surface area contributed by atoms with Gasteiger partial charge in [0.1, 0.15) is 0 Å². The molecule has 58 heavy (non-hydrogen) atoms. The number of benzene rings is 7. The number of para-hydroxylation sites is 8. The molecule has 2 aliphatic rings. The monoisotopic (exact) mass is 746 g/mol. The van der Waals surface area contributed by atoms with Gasteiger partial charge in [0, 0.05) is 34.6 Å². The summed E-state index contributed by atoms with van der Waals surface area (Å²) >= 11 is 0. The minimum absolute atomic E-state index is 0.787. The number of fused-ring (bicyclic) bond motifs is 4. The second kappa shape index (κ2) is 14.0. The average molecular weight is 747 g/mol. The van der Waals surface area contributed by atoms with Gasteiger partial charge in [-0.3, -0.25) is 9.97 Å². The van der Waals surface area contributed by atoms with Crippen LogP contribution in [0.3, 0.4) is 0 Å². The molecule has 6 heteroatoms. The molecule has 0 fully saturated rings. The fraction of sp³-hybridized carbons (Fsp3) is 0. The van der Waals surface area contributed by atoms with E-state index in [1.807, 2.05) is 97.3 Å². The molecule has 0 N–H and O–H groups in total. The van der Waals surface area contributed by atoms with Gasteiger partial charge in [-0.05, 0) is 96.1 Å². The van der Waals surface area contributed by atoms with Crippen LogP contribution >= 0.6 is 0 Å². The first-order valence-corrected chi connectivity index (χ1v) is 19.3. The Kier molecular flexibility index (Phi) is 8.04. The second-order valence-electron chi connectivity index (χ2n) is 14.2. The highest BCUT2D eigenvalue weighted by Crippen LogP contribution is 2.57. The molecule has 0 saturated carbocycles. The number of nitrogens with zero attached hydrogens (tertiary/aromatic N) is 4. The molecule has 0 spiro atoms. The average Bonchev–Trinajstić information content (AvgIpc) is 3.30. The zero-order valence-electron chi connectivity index (χ0n) is 31.2. The summed E-state index contributed by atoms with van der Waals surface area (Å²) in [4.78, 5) is 13.9. The molecule has 274 valence electrons. The molecule has 11 rings (SSSR count). The van der Waals surface area contributed by atoms with E-state index in [4.69, 9.17) is 9.47 Å². The number of rotatable bonds is 6. The van der Waals surface area contributed by atoms with Crippen molar-refractivity contribution in [2.75, 3.05) is 9.80 Å². The maximum absolute atomic E-state index is 6.54. The Morgan fingerprint density at radius 2 is 0.621 bits per heavy atom. The number of hydrogen-bond donors (Lipinski definition) is 0. The molecule has 0 unspecified atom stereocenters. The Balaban J connectivity index is 1.21. The quantitative estimate of drug-likeness (QED) is 0.169. The van der Waals surface area contributed by atoms with Gasteiger partial charge in [-0.1, -0.05) is 109 Å². The van der Waals surface area contributed by atoms with Gasteiger partial charge in [-0.25, -0.2) is 0 Å². The Morgan fingerprint density at radius 3 is 0.966 bits per heavy atom. The Labute approximate surface area is 336 Å². The van der Waals surface area contributed by atoms with Crippen LogP contribution in [0.4, 0.5) is 34.1 Å². The van der Waals surface area contributed by atoms with Gasteiger partial charge in [0.25, 0.3) is 0 Å². The van der Waals surface area contributed by atoms with Crippen LogP contribution in [-0.2, 0) is 0 Å². The highest BCUT2D eigenvalue weighted by Gasteiger charge is 2.32. The molecule has 0 amide bonds. The van der Waals surface area contributed by atoms with Crippen molar-refractivity contribution in [2.45, 2.75) is 0 Å². The van der Waals surface area contributed by atoms with Crippen molar-refractivity contribution in [1.29, 1.82) is 0 Å². The first-order valence-electron chi connectivity index (χ1n) is 19.3. The maximum atomic E-state index is 6.54. The van der Waals surface area contributed by atoms with Crippen molar-refractivity contribution in [2.24, 2.45) is 0 Å². The SMILES string of the molecule is c1ccc(-c2ccc(-c3cc(-c4ccc(-c5ccccn5)cc4)c(N4c5ccccc5Oc5ccccc54)cc3N3c4ccccc4Oc4ccccc43)cc2)nc1. The summed E-state index contributed by atoms with van der Waals surface area (Å²) in [6, 6.07) is 67.1. The third-order valence-electron chi connectivity index (χ3n) is 10.8. The highest BCUT2D eigenvalue weighted by molar-refractivity contribution is 6.02. The van der Waals surface area contributed by atoms with Crippen LogP contribution in [0.25, 0.3) is 44.8 Å². The fourth-order valence-corrected chi connectivity index (χ4v) is 8.05. The summed E-state index contributed by atoms with van der Waals surface area (Å²) in [5, 5.41) is 0. The van der Waals surface area contributed by atoms with Gasteiger partial charge in [-0.15, -0.1) is 0 Å². The molecule has 0 aliphatic carbocycles. The number of anilines is 6. The topological polar surface area (TPSA) is 50.7 Å². The Morgan fingerprint density at radius 1 is 0.293 bits per heavy atom. The second-order valence-corrected chi connectivity index (χ2v) is 14.2. The van der Waals surface area contributed by atoms with Gasteiger partial charge in [0.15, 0.2) is 23.0 Å². The first-order chi connectivity index (χ1) is 28.8. The van der Waals surface area contributed by atoms with E-state index in [1.54, 1.807) is 0 Å². The highest BCUT2D eigenvalue weighted by atomic mass is 16.5. The molecule has 2 aliphatic heterocycles. The summed E-state index contributed by atoms with van der Waals surface area (Å²) in [5.74, 6) is 3.15.